The SMILES string of the molecule is CCNC(=O)[C@H](C)NC(=O)COc1ccc(C=O)cc1OC. The molecule has 0 aromatic heterocycles. The van der Waals surface area contributed by atoms with E-state index in [4.69, 9.17) is 9.47 Å². The van der Waals surface area contributed by atoms with E-state index in [2.05, 4.69) is 10.6 Å². The van der Waals surface area contributed by atoms with Crippen LogP contribution in [0.4, 0.5) is 0 Å². The fraction of sp³-hybridized carbons (Fsp3) is 0.400. The van der Waals surface area contributed by atoms with Crippen molar-refractivity contribution in [2.45, 2.75) is 19.9 Å². The second kappa shape index (κ2) is 8.66. The normalized spacial score (nSPS) is 11.2. The minimum Gasteiger partial charge on any atom is -0.493 e. The van der Waals surface area contributed by atoms with Gasteiger partial charge in [-0.25, -0.2) is 0 Å². The quantitative estimate of drug-likeness (QED) is 0.683. The van der Waals surface area contributed by atoms with Crippen LogP contribution in [0.25, 0.3) is 0 Å². The molecule has 0 unspecified atom stereocenters. The van der Waals surface area contributed by atoms with E-state index in [9.17, 15) is 14.4 Å². The predicted octanol–water partition coefficient (Wildman–Crippen LogP) is 0.527. The molecule has 0 aliphatic heterocycles. The van der Waals surface area contributed by atoms with E-state index >= 15 is 0 Å². The molecule has 0 saturated carbocycles. The van der Waals surface area contributed by atoms with Crippen LogP contribution >= 0.6 is 0 Å². The molecule has 0 radical (unpaired) electrons. The first-order valence-corrected chi connectivity index (χ1v) is 6.84. The van der Waals surface area contributed by atoms with Crippen LogP contribution < -0.4 is 20.1 Å². The Hall–Kier alpha value is -2.57. The summed E-state index contributed by atoms with van der Waals surface area (Å²) in [7, 11) is 1.44. The summed E-state index contributed by atoms with van der Waals surface area (Å²) in [6.45, 7) is 3.61. The first kappa shape index (κ1) is 17.5. The van der Waals surface area contributed by atoms with Gasteiger partial charge in [0.05, 0.1) is 7.11 Å². The Labute approximate surface area is 129 Å². The van der Waals surface area contributed by atoms with Gasteiger partial charge < -0.3 is 20.1 Å². The summed E-state index contributed by atoms with van der Waals surface area (Å²) in [6.07, 6.45) is 0.688. The maximum absolute atomic E-state index is 11.7. The molecule has 1 rings (SSSR count). The van der Waals surface area contributed by atoms with Gasteiger partial charge in [0.2, 0.25) is 5.91 Å². The van der Waals surface area contributed by atoms with Crippen LogP contribution in [-0.4, -0.2) is 44.4 Å². The van der Waals surface area contributed by atoms with Crippen LogP contribution in [0.15, 0.2) is 18.2 Å². The molecule has 22 heavy (non-hydrogen) atoms. The van der Waals surface area contributed by atoms with Gasteiger partial charge in [0, 0.05) is 12.1 Å². The Kier molecular flexibility index (Phi) is 6.88. The highest BCUT2D eigenvalue weighted by atomic mass is 16.5. The Bertz CT molecular complexity index is 545. The Balaban J connectivity index is 2.57. The third-order valence-corrected chi connectivity index (χ3v) is 2.80. The molecule has 2 amide bonds. The van der Waals surface area contributed by atoms with Crippen molar-refractivity contribution in [3.8, 4) is 11.5 Å². The number of carbonyl (C=O) groups excluding carboxylic acids is 3. The molecule has 0 aliphatic rings. The highest BCUT2D eigenvalue weighted by Crippen LogP contribution is 2.27. The number of aldehydes is 1. The molecular weight excluding hydrogens is 288 g/mol. The lowest BCUT2D eigenvalue weighted by Gasteiger charge is -2.14. The van der Waals surface area contributed by atoms with Crippen LogP contribution in [-0.2, 0) is 9.59 Å². The zero-order chi connectivity index (χ0) is 16.5. The maximum atomic E-state index is 11.7. The Morgan fingerprint density at radius 3 is 2.64 bits per heavy atom. The van der Waals surface area contributed by atoms with Gasteiger partial charge >= 0.3 is 0 Å². The van der Waals surface area contributed by atoms with Crippen LogP contribution in [0, 0.1) is 0 Å². The number of hydrogen-bond donors (Lipinski definition) is 2. The molecule has 1 aromatic carbocycles. The first-order valence-electron chi connectivity index (χ1n) is 6.84. The van der Waals surface area contributed by atoms with Crippen molar-refractivity contribution >= 4 is 18.1 Å². The van der Waals surface area contributed by atoms with Crippen LogP contribution in [0.2, 0.25) is 0 Å². The Morgan fingerprint density at radius 2 is 2.05 bits per heavy atom. The van der Waals surface area contributed by atoms with Gasteiger partial charge in [-0.05, 0) is 32.0 Å². The monoisotopic (exact) mass is 308 g/mol. The number of likely N-dealkylation sites (N-methyl/N-ethyl adjacent to an activating group) is 1. The fourth-order valence-electron chi connectivity index (χ4n) is 1.70. The number of ether oxygens (including phenoxy) is 2. The molecular formula is C15H20N2O5. The molecule has 0 aliphatic carbocycles. The number of hydrogen-bond acceptors (Lipinski definition) is 5. The summed E-state index contributed by atoms with van der Waals surface area (Å²) in [4.78, 5) is 33.9. The minimum absolute atomic E-state index is 0.260. The zero-order valence-electron chi connectivity index (χ0n) is 12.8. The van der Waals surface area contributed by atoms with Gasteiger partial charge in [0.1, 0.15) is 12.3 Å². The molecule has 1 atom stereocenters. The van der Waals surface area contributed by atoms with Gasteiger partial charge in [-0.15, -0.1) is 0 Å². The minimum atomic E-state index is -0.643. The average Bonchev–Trinajstić information content (AvgIpc) is 2.52. The molecule has 2 N–H and O–H groups in total. The summed E-state index contributed by atoms with van der Waals surface area (Å²) < 4.78 is 10.4. The number of rotatable bonds is 8. The van der Waals surface area contributed by atoms with Crippen molar-refractivity contribution in [2.75, 3.05) is 20.3 Å². The molecule has 0 spiro atoms. The van der Waals surface area contributed by atoms with E-state index in [-0.39, 0.29) is 12.5 Å². The standard InChI is InChI=1S/C15H20N2O5/c1-4-16-15(20)10(2)17-14(19)9-22-12-6-5-11(8-18)7-13(12)21-3/h5-8,10H,4,9H2,1-3H3,(H,16,20)(H,17,19)/t10-/m0/s1. The van der Waals surface area contributed by atoms with Crippen molar-refractivity contribution < 1.29 is 23.9 Å². The molecule has 120 valence electrons. The Morgan fingerprint density at radius 1 is 1.32 bits per heavy atom. The van der Waals surface area contributed by atoms with Crippen molar-refractivity contribution in [2.24, 2.45) is 0 Å². The number of benzene rings is 1. The molecule has 0 bridgehead atoms. The summed E-state index contributed by atoms with van der Waals surface area (Å²) >= 11 is 0. The lowest BCUT2D eigenvalue weighted by atomic mass is 10.2. The summed E-state index contributed by atoms with van der Waals surface area (Å²) in [5.74, 6) is 0.00660. The number of carbonyl (C=O) groups is 3. The van der Waals surface area contributed by atoms with Crippen molar-refractivity contribution in [1.29, 1.82) is 0 Å². The van der Waals surface area contributed by atoms with Gasteiger partial charge in [0.15, 0.2) is 18.1 Å². The first-order chi connectivity index (χ1) is 10.5. The second-order valence-corrected chi connectivity index (χ2v) is 4.50. The summed E-state index contributed by atoms with van der Waals surface area (Å²) in [5, 5.41) is 5.13. The van der Waals surface area contributed by atoms with E-state index in [0.29, 0.717) is 29.9 Å². The number of methoxy groups -OCH3 is 1. The van der Waals surface area contributed by atoms with Crippen LogP contribution in [0.1, 0.15) is 24.2 Å². The van der Waals surface area contributed by atoms with Gasteiger partial charge in [-0.2, -0.15) is 0 Å². The van der Waals surface area contributed by atoms with Crippen molar-refractivity contribution in [1.82, 2.24) is 10.6 Å². The van der Waals surface area contributed by atoms with Gasteiger partial charge in [-0.3, -0.25) is 14.4 Å². The predicted molar refractivity (Wildman–Crippen MR) is 80.2 cm³/mol. The van der Waals surface area contributed by atoms with Crippen LogP contribution in [0.3, 0.4) is 0 Å². The molecule has 0 saturated heterocycles. The van der Waals surface area contributed by atoms with E-state index in [1.807, 2.05) is 0 Å². The highest BCUT2D eigenvalue weighted by molar-refractivity contribution is 5.87. The molecule has 1 aromatic rings. The average molecular weight is 308 g/mol. The van der Waals surface area contributed by atoms with E-state index in [0.717, 1.165) is 0 Å². The highest BCUT2D eigenvalue weighted by Gasteiger charge is 2.15. The third-order valence-electron chi connectivity index (χ3n) is 2.80. The molecule has 0 fully saturated rings. The van der Waals surface area contributed by atoms with E-state index in [1.54, 1.807) is 26.0 Å². The lowest BCUT2D eigenvalue weighted by Crippen LogP contribution is -2.46. The number of nitrogens with one attached hydrogen (secondary N) is 2. The maximum Gasteiger partial charge on any atom is 0.258 e. The van der Waals surface area contributed by atoms with Crippen molar-refractivity contribution in [3.63, 3.8) is 0 Å². The third kappa shape index (κ3) is 5.08. The van der Waals surface area contributed by atoms with E-state index in [1.165, 1.54) is 13.2 Å². The van der Waals surface area contributed by atoms with E-state index < -0.39 is 11.9 Å². The van der Waals surface area contributed by atoms with Gasteiger partial charge in [-0.1, -0.05) is 0 Å². The lowest BCUT2D eigenvalue weighted by molar-refractivity contribution is -0.129. The van der Waals surface area contributed by atoms with Crippen molar-refractivity contribution in [3.05, 3.63) is 23.8 Å². The smallest absolute Gasteiger partial charge is 0.258 e. The summed E-state index contributed by atoms with van der Waals surface area (Å²) in [5.41, 5.74) is 0.443. The zero-order valence-corrected chi connectivity index (χ0v) is 12.8. The molecule has 7 nitrogen and oxygen atoms in total. The number of amides is 2. The van der Waals surface area contributed by atoms with Crippen LogP contribution in [0.5, 0.6) is 11.5 Å². The topological polar surface area (TPSA) is 93.7 Å². The molecule has 7 heteroatoms. The van der Waals surface area contributed by atoms with Gasteiger partial charge in [0.25, 0.3) is 5.91 Å². The molecule has 0 heterocycles. The summed E-state index contributed by atoms with van der Waals surface area (Å²) in [6, 6.07) is 3.97. The largest absolute Gasteiger partial charge is 0.493 e. The fourth-order valence-corrected chi connectivity index (χ4v) is 1.70. The second-order valence-electron chi connectivity index (χ2n) is 4.50.